The molecule has 4 aromatic rings. The number of nitrogens with two attached hydrogens (primary N) is 1. The fraction of sp³-hybridized carbons (Fsp3) is 0.227. The van der Waals surface area contributed by atoms with Crippen LogP contribution in [0.15, 0.2) is 65.9 Å². The number of hydrogen-bond donors (Lipinski definition) is 2. The van der Waals surface area contributed by atoms with Crippen LogP contribution in [0.25, 0.3) is 22.3 Å². The van der Waals surface area contributed by atoms with E-state index in [2.05, 4.69) is 51.3 Å². The second kappa shape index (κ2) is 11.1. The molecular weight excluding hydrogens is 459 g/mol. The van der Waals surface area contributed by atoms with Gasteiger partial charge in [0.1, 0.15) is 6.54 Å². The number of methoxy groups -OCH3 is 1. The minimum Gasteiger partial charge on any atom is -0.478 e. The van der Waals surface area contributed by atoms with Gasteiger partial charge in [-0.05, 0) is 16.7 Å². The highest BCUT2D eigenvalue weighted by Gasteiger charge is 2.24. The Bertz CT molecular complexity index is 1250. The highest BCUT2D eigenvalue weighted by Crippen LogP contribution is 2.31. The fourth-order valence-electron chi connectivity index (χ4n) is 3.52. The predicted molar refractivity (Wildman–Crippen MR) is 127 cm³/mol. The average Bonchev–Trinajstić information content (AvgIpc) is 3.20. The zero-order valence-electron chi connectivity index (χ0n) is 18.4. The highest BCUT2D eigenvalue weighted by atomic mass is 31.2. The third-order valence-electron chi connectivity index (χ3n) is 5.03. The van der Waals surface area contributed by atoms with Crippen molar-refractivity contribution in [2.24, 2.45) is 4.95 Å². The molecule has 0 aliphatic heterocycles. The number of benzene rings is 2. The Morgan fingerprint density at radius 2 is 1.82 bits per heavy atom. The molecule has 0 amide bonds. The van der Waals surface area contributed by atoms with Crippen LogP contribution in [0.5, 0.6) is 5.88 Å². The van der Waals surface area contributed by atoms with Gasteiger partial charge in [-0.1, -0.05) is 54.6 Å². The van der Waals surface area contributed by atoms with Crippen LogP contribution in [-0.4, -0.2) is 39.8 Å². The Morgan fingerprint density at radius 1 is 1.09 bits per heavy atom. The molecule has 0 bridgehead atoms. The SMILES string of the molecule is COc1nc(N)nc2c1[n+](Cc1ccc(-c3ccccc3)cc1)cn2COCCOP(O)N=O. The van der Waals surface area contributed by atoms with Gasteiger partial charge in [0.2, 0.25) is 12.3 Å². The largest absolute Gasteiger partial charge is 0.478 e. The van der Waals surface area contributed by atoms with Crippen LogP contribution in [-0.2, 0) is 22.5 Å². The number of aromatic nitrogens is 4. The van der Waals surface area contributed by atoms with Crippen molar-refractivity contribution in [3.05, 3.63) is 71.4 Å². The van der Waals surface area contributed by atoms with E-state index in [1.165, 1.54) is 7.11 Å². The highest BCUT2D eigenvalue weighted by molar-refractivity contribution is 7.44. The van der Waals surface area contributed by atoms with Crippen molar-refractivity contribution in [3.63, 3.8) is 0 Å². The number of imidazole rings is 1. The summed E-state index contributed by atoms with van der Waals surface area (Å²) < 4.78 is 19.6. The Labute approximate surface area is 196 Å². The molecule has 3 N–H and O–H groups in total. The van der Waals surface area contributed by atoms with Crippen molar-refractivity contribution in [1.29, 1.82) is 0 Å². The van der Waals surface area contributed by atoms with Crippen molar-refractivity contribution in [1.82, 2.24) is 14.5 Å². The Kier molecular flexibility index (Phi) is 7.71. The van der Waals surface area contributed by atoms with Crippen molar-refractivity contribution in [2.45, 2.75) is 13.3 Å². The van der Waals surface area contributed by atoms with Crippen LogP contribution >= 0.6 is 8.53 Å². The van der Waals surface area contributed by atoms with Crippen LogP contribution in [0.3, 0.4) is 0 Å². The van der Waals surface area contributed by atoms with Crippen LogP contribution in [0, 0.1) is 4.91 Å². The molecule has 1 atom stereocenters. The van der Waals surface area contributed by atoms with Gasteiger partial charge in [-0.25, -0.2) is 4.57 Å². The lowest BCUT2D eigenvalue weighted by molar-refractivity contribution is -0.663. The van der Waals surface area contributed by atoms with E-state index >= 15 is 0 Å². The zero-order chi connectivity index (χ0) is 23.9. The summed E-state index contributed by atoms with van der Waals surface area (Å²) in [5, 5.41) is 0. The first-order chi connectivity index (χ1) is 16.6. The van der Waals surface area contributed by atoms with Gasteiger partial charge >= 0.3 is 8.53 Å². The Balaban J connectivity index is 1.56. The number of anilines is 1. The van der Waals surface area contributed by atoms with Gasteiger partial charge in [0.15, 0.2) is 6.73 Å². The second-order valence-corrected chi connectivity index (χ2v) is 8.17. The summed E-state index contributed by atoms with van der Waals surface area (Å²) in [6.07, 6.45) is 1.85. The van der Waals surface area contributed by atoms with E-state index in [9.17, 15) is 4.91 Å². The third-order valence-corrected chi connectivity index (χ3v) is 5.58. The quantitative estimate of drug-likeness (QED) is 0.144. The molecule has 0 aliphatic rings. The average molecular weight is 483 g/mol. The Morgan fingerprint density at radius 3 is 2.53 bits per heavy atom. The summed E-state index contributed by atoms with van der Waals surface area (Å²) in [5.41, 5.74) is 10.5. The maximum absolute atomic E-state index is 10.2. The van der Waals surface area contributed by atoms with Crippen LogP contribution in [0.1, 0.15) is 5.56 Å². The van der Waals surface area contributed by atoms with E-state index < -0.39 is 8.53 Å². The summed E-state index contributed by atoms with van der Waals surface area (Å²) >= 11 is 0. The summed E-state index contributed by atoms with van der Waals surface area (Å²) in [6.45, 7) is 0.858. The maximum Gasteiger partial charge on any atom is 0.350 e. The molecule has 0 saturated carbocycles. The topological polar surface area (TPSA) is 138 Å². The molecule has 0 aliphatic carbocycles. The molecule has 2 aromatic heterocycles. The molecule has 11 nitrogen and oxygen atoms in total. The predicted octanol–water partition coefficient (Wildman–Crippen LogP) is 3.00. The molecule has 34 heavy (non-hydrogen) atoms. The molecule has 176 valence electrons. The monoisotopic (exact) mass is 483 g/mol. The summed E-state index contributed by atoms with van der Waals surface area (Å²) in [7, 11) is -0.778. The number of fused-ring (bicyclic) bond motifs is 1. The number of hydrogen-bond acceptors (Lipinski definition) is 9. The lowest BCUT2D eigenvalue weighted by atomic mass is 10.0. The number of rotatable bonds is 11. The van der Waals surface area contributed by atoms with Gasteiger partial charge in [0, 0.05) is 4.95 Å². The number of nitrogen functional groups attached to an aromatic ring is 1. The summed E-state index contributed by atoms with van der Waals surface area (Å²) in [6, 6.07) is 18.5. The molecule has 2 heterocycles. The number of nitrogens with zero attached hydrogens (tertiary/aromatic N) is 5. The van der Waals surface area contributed by atoms with Gasteiger partial charge in [-0.2, -0.15) is 14.5 Å². The smallest absolute Gasteiger partial charge is 0.350 e. The first-order valence-corrected chi connectivity index (χ1v) is 11.5. The normalized spacial score (nSPS) is 12.1. The molecule has 0 fully saturated rings. The van der Waals surface area contributed by atoms with Gasteiger partial charge in [-0.3, -0.25) is 0 Å². The van der Waals surface area contributed by atoms with Crippen LogP contribution in [0.4, 0.5) is 5.95 Å². The van der Waals surface area contributed by atoms with Crippen LogP contribution in [0.2, 0.25) is 0 Å². The molecule has 0 saturated heterocycles. The molecule has 2 aromatic carbocycles. The molecule has 4 rings (SSSR count). The molecule has 1 unspecified atom stereocenters. The molecule has 12 heteroatoms. The van der Waals surface area contributed by atoms with Crippen molar-refractivity contribution in [3.8, 4) is 17.0 Å². The summed E-state index contributed by atoms with van der Waals surface area (Å²) in [4.78, 5) is 30.3. The molecule has 0 spiro atoms. The zero-order valence-corrected chi connectivity index (χ0v) is 19.3. The van der Waals surface area contributed by atoms with Crippen molar-refractivity contribution in [2.75, 3.05) is 26.1 Å². The van der Waals surface area contributed by atoms with E-state index in [0.29, 0.717) is 23.6 Å². The minimum absolute atomic E-state index is 0.0291. The lowest BCUT2D eigenvalue weighted by Gasteiger charge is -2.05. The van der Waals surface area contributed by atoms with E-state index in [0.717, 1.165) is 16.7 Å². The first-order valence-electron chi connectivity index (χ1n) is 10.4. The number of ether oxygens (including phenoxy) is 2. The van der Waals surface area contributed by atoms with Gasteiger partial charge in [-0.15, -0.1) is 4.91 Å². The van der Waals surface area contributed by atoms with Crippen molar-refractivity contribution >= 4 is 25.6 Å². The molecule has 0 radical (unpaired) electrons. The van der Waals surface area contributed by atoms with E-state index in [1.807, 2.05) is 29.1 Å². The standard InChI is InChI=1S/C22H24N6O5P/c1-31-21-19-20(24-22(23)25-21)28(15-32-11-12-33-34(30)26-29)14-27(19)13-16-7-9-18(10-8-16)17-5-3-2-4-6-17/h2-10,14,30H,11-13,15H2,1H3,(H2,23,24,25)/q+1. The fourth-order valence-corrected chi connectivity index (χ4v) is 3.81. The van der Waals surface area contributed by atoms with Gasteiger partial charge in [0.25, 0.3) is 17.0 Å². The second-order valence-electron chi connectivity index (χ2n) is 7.24. The van der Waals surface area contributed by atoms with Gasteiger partial charge < -0.3 is 24.6 Å². The van der Waals surface area contributed by atoms with E-state index in [1.54, 1.807) is 4.57 Å². The van der Waals surface area contributed by atoms with Crippen molar-refractivity contribution < 1.29 is 23.5 Å². The first kappa shape index (κ1) is 23.7. The minimum atomic E-state index is -2.31. The Hall–Kier alpha value is -3.50. The van der Waals surface area contributed by atoms with E-state index in [-0.39, 0.29) is 25.9 Å². The lowest BCUT2D eigenvalue weighted by Crippen LogP contribution is -2.33. The maximum atomic E-state index is 10.2. The van der Waals surface area contributed by atoms with E-state index in [4.69, 9.17) is 24.6 Å². The van der Waals surface area contributed by atoms with Crippen LogP contribution < -0.4 is 15.0 Å². The number of nitroso groups, excluding NO2 is 1. The summed E-state index contributed by atoms with van der Waals surface area (Å²) in [5.74, 6) is 0.433. The third kappa shape index (κ3) is 5.52. The molecular formula is C22H24N6O5P+. The van der Waals surface area contributed by atoms with Gasteiger partial charge in [0.05, 0.1) is 20.3 Å².